The van der Waals surface area contributed by atoms with E-state index >= 15 is 0 Å². The van der Waals surface area contributed by atoms with E-state index in [2.05, 4.69) is 0 Å². The Morgan fingerprint density at radius 2 is 1.88 bits per heavy atom. The van der Waals surface area contributed by atoms with Gasteiger partial charge in [-0.05, 0) is 48.6 Å². The minimum Gasteiger partial charge on any atom is -0.493 e. The molecule has 4 rings (SSSR count). The summed E-state index contributed by atoms with van der Waals surface area (Å²) >= 11 is 0. The third-order valence-electron chi connectivity index (χ3n) is 6.03. The van der Waals surface area contributed by atoms with E-state index < -0.39 is 17.5 Å². The summed E-state index contributed by atoms with van der Waals surface area (Å²) in [6.45, 7) is 2.04. The highest BCUT2D eigenvalue weighted by Gasteiger charge is 2.53. The highest BCUT2D eigenvalue weighted by Crippen LogP contribution is 2.44. The van der Waals surface area contributed by atoms with E-state index in [1.165, 1.54) is 4.90 Å². The molecule has 1 heterocycles. The van der Waals surface area contributed by atoms with Gasteiger partial charge in [0.15, 0.2) is 11.5 Å². The van der Waals surface area contributed by atoms with Gasteiger partial charge in [0.25, 0.3) is 5.91 Å². The van der Waals surface area contributed by atoms with Crippen molar-refractivity contribution in [1.82, 2.24) is 4.90 Å². The van der Waals surface area contributed by atoms with Crippen LogP contribution in [0.1, 0.15) is 30.0 Å². The Bertz CT molecular complexity index is 1090. The number of hydrogen-bond acceptors (Lipinski definition) is 6. The van der Waals surface area contributed by atoms with Crippen LogP contribution in [0.3, 0.4) is 0 Å². The van der Waals surface area contributed by atoms with E-state index in [1.807, 2.05) is 42.5 Å². The monoisotopic (exact) mass is 437 g/mol. The van der Waals surface area contributed by atoms with Gasteiger partial charge in [0.2, 0.25) is 5.60 Å². The zero-order chi connectivity index (χ0) is 22.9. The van der Waals surface area contributed by atoms with Gasteiger partial charge in [0.1, 0.15) is 0 Å². The molecule has 1 N–H and O–H groups in total. The first kappa shape index (κ1) is 21.9. The molecule has 0 saturated heterocycles. The summed E-state index contributed by atoms with van der Waals surface area (Å²) in [6.07, 6.45) is 1.04. The van der Waals surface area contributed by atoms with Gasteiger partial charge in [-0.15, -0.1) is 0 Å². The molecule has 7 nitrogen and oxygen atoms in total. The van der Waals surface area contributed by atoms with Gasteiger partial charge >= 0.3 is 5.97 Å². The average Bonchev–Trinajstić information content (AvgIpc) is 3.16. The maximum absolute atomic E-state index is 13.5. The molecule has 0 aromatic heterocycles. The lowest BCUT2D eigenvalue weighted by molar-refractivity contribution is -0.175. The number of methoxy groups -OCH3 is 2. The quantitative estimate of drug-likeness (QED) is 0.530. The first-order valence-corrected chi connectivity index (χ1v) is 10.7. The minimum atomic E-state index is -2.21. The molecule has 2 aromatic carbocycles. The summed E-state index contributed by atoms with van der Waals surface area (Å²) in [5, 5.41) is 11.1. The van der Waals surface area contributed by atoms with Crippen LogP contribution >= 0.6 is 0 Å². The summed E-state index contributed by atoms with van der Waals surface area (Å²) in [7, 11) is 3.15. The van der Waals surface area contributed by atoms with Crippen molar-refractivity contribution in [2.24, 2.45) is 0 Å². The van der Waals surface area contributed by atoms with Crippen molar-refractivity contribution in [2.45, 2.75) is 31.8 Å². The van der Waals surface area contributed by atoms with E-state index in [9.17, 15) is 14.7 Å². The fourth-order valence-electron chi connectivity index (χ4n) is 4.50. The first-order valence-electron chi connectivity index (χ1n) is 10.7. The van der Waals surface area contributed by atoms with Crippen LogP contribution < -0.4 is 9.47 Å². The number of amides is 1. The molecule has 1 unspecified atom stereocenters. The SMILES string of the molecule is CCOC(=O)C1(O)CC2=C(c3ccccc3C2)N(CCc2ccc(OC)c(OC)c2)C1=O. The van der Waals surface area contributed by atoms with Crippen molar-refractivity contribution in [3.63, 3.8) is 0 Å². The fourth-order valence-corrected chi connectivity index (χ4v) is 4.50. The second kappa shape index (κ2) is 8.67. The summed E-state index contributed by atoms with van der Waals surface area (Å²) < 4.78 is 15.7. The minimum absolute atomic E-state index is 0.0540. The van der Waals surface area contributed by atoms with Crippen molar-refractivity contribution < 1.29 is 28.9 Å². The van der Waals surface area contributed by atoms with Crippen LogP contribution in [0.15, 0.2) is 48.0 Å². The first-order chi connectivity index (χ1) is 15.4. The number of carbonyl (C=O) groups is 2. The predicted molar refractivity (Wildman–Crippen MR) is 118 cm³/mol. The van der Waals surface area contributed by atoms with E-state index in [4.69, 9.17) is 14.2 Å². The Morgan fingerprint density at radius 3 is 2.59 bits per heavy atom. The molecule has 168 valence electrons. The Morgan fingerprint density at radius 1 is 1.12 bits per heavy atom. The van der Waals surface area contributed by atoms with Crippen LogP contribution in [0.25, 0.3) is 5.70 Å². The van der Waals surface area contributed by atoms with Gasteiger partial charge in [-0.25, -0.2) is 4.79 Å². The lowest BCUT2D eigenvalue weighted by Gasteiger charge is -2.38. The zero-order valence-corrected chi connectivity index (χ0v) is 18.5. The van der Waals surface area contributed by atoms with Gasteiger partial charge in [0.05, 0.1) is 26.5 Å². The number of aliphatic hydroxyl groups is 1. The van der Waals surface area contributed by atoms with E-state index in [1.54, 1.807) is 21.1 Å². The van der Waals surface area contributed by atoms with Gasteiger partial charge < -0.3 is 24.2 Å². The predicted octanol–water partition coefficient (Wildman–Crippen LogP) is 2.74. The number of esters is 1. The smallest absolute Gasteiger partial charge is 0.348 e. The lowest BCUT2D eigenvalue weighted by Crippen LogP contribution is -2.57. The highest BCUT2D eigenvalue weighted by atomic mass is 16.6. The molecule has 0 radical (unpaired) electrons. The Kier molecular flexibility index (Phi) is 5.93. The highest BCUT2D eigenvalue weighted by molar-refractivity contribution is 6.11. The van der Waals surface area contributed by atoms with Crippen molar-refractivity contribution in [3.8, 4) is 11.5 Å². The standard InChI is InChI=1S/C25H27NO6/c1-4-32-24(28)25(29)15-18-14-17-7-5-6-8-19(17)22(18)26(23(25)27)12-11-16-9-10-20(30-2)21(13-16)31-3/h5-10,13,29H,4,11-12,14-15H2,1-3H3. The molecule has 0 spiro atoms. The number of hydrogen-bond donors (Lipinski definition) is 1. The molecule has 7 heteroatoms. The molecule has 1 aliphatic heterocycles. The molecule has 32 heavy (non-hydrogen) atoms. The maximum atomic E-state index is 13.5. The second-order valence-electron chi connectivity index (χ2n) is 7.94. The molecule has 1 atom stereocenters. The fraction of sp³-hybridized carbons (Fsp3) is 0.360. The van der Waals surface area contributed by atoms with Crippen molar-refractivity contribution in [2.75, 3.05) is 27.4 Å². The largest absolute Gasteiger partial charge is 0.493 e. The summed E-state index contributed by atoms with van der Waals surface area (Å²) in [5.41, 5.74) is 2.43. The Balaban J connectivity index is 1.68. The van der Waals surface area contributed by atoms with Gasteiger partial charge in [-0.2, -0.15) is 0 Å². The number of rotatable bonds is 7. The molecule has 1 aliphatic carbocycles. The molecule has 1 amide bonds. The van der Waals surface area contributed by atoms with Crippen molar-refractivity contribution in [1.29, 1.82) is 0 Å². The Labute approximate surface area is 187 Å². The number of nitrogens with zero attached hydrogens (tertiary/aromatic N) is 1. The summed E-state index contributed by atoms with van der Waals surface area (Å²) in [4.78, 5) is 27.6. The lowest BCUT2D eigenvalue weighted by atomic mass is 9.87. The van der Waals surface area contributed by atoms with Crippen LogP contribution in [0.4, 0.5) is 0 Å². The normalized spacial score (nSPS) is 19.5. The zero-order valence-electron chi connectivity index (χ0n) is 18.5. The maximum Gasteiger partial charge on any atom is 0.348 e. The van der Waals surface area contributed by atoms with E-state index in [-0.39, 0.29) is 13.0 Å². The molecular weight excluding hydrogens is 410 g/mol. The third kappa shape index (κ3) is 3.62. The molecule has 0 fully saturated rings. The Hall–Kier alpha value is -3.32. The van der Waals surface area contributed by atoms with Gasteiger partial charge in [0, 0.05) is 18.5 Å². The molecular formula is C25H27NO6. The van der Waals surface area contributed by atoms with Crippen LogP contribution in [0, 0.1) is 0 Å². The molecule has 0 saturated carbocycles. The van der Waals surface area contributed by atoms with E-state index in [0.717, 1.165) is 28.0 Å². The van der Waals surface area contributed by atoms with Gasteiger partial charge in [-0.1, -0.05) is 30.3 Å². The number of fused-ring (bicyclic) bond motifs is 2. The van der Waals surface area contributed by atoms with Crippen LogP contribution in [-0.2, 0) is 27.2 Å². The van der Waals surface area contributed by atoms with Crippen LogP contribution in [-0.4, -0.2) is 54.9 Å². The topological polar surface area (TPSA) is 85.3 Å². The molecule has 2 aromatic rings. The van der Waals surface area contributed by atoms with Gasteiger partial charge in [-0.3, -0.25) is 4.79 Å². The van der Waals surface area contributed by atoms with Crippen LogP contribution in [0.5, 0.6) is 11.5 Å². The number of benzene rings is 2. The number of carbonyl (C=O) groups excluding carboxylic acids is 2. The second-order valence-corrected chi connectivity index (χ2v) is 7.94. The van der Waals surface area contributed by atoms with Crippen molar-refractivity contribution >= 4 is 17.6 Å². The van der Waals surface area contributed by atoms with Crippen LogP contribution in [0.2, 0.25) is 0 Å². The third-order valence-corrected chi connectivity index (χ3v) is 6.03. The average molecular weight is 437 g/mol. The van der Waals surface area contributed by atoms with E-state index in [0.29, 0.717) is 30.9 Å². The molecule has 0 bridgehead atoms. The summed E-state index contributed by atoms with van der Waals surface area (Å²) in [5.74, 6) is -0.323. The van der Waals surface area contributed by atoms with Crippen molar-refractivity contribution in [3.05, 3.63) is 64.7 Å². The number of ether oxygens (including phenoxy) is 3. The molecule has 2 aliphatic rings. The summed E-state index contributed by atoms with van der Waals surface area (Å²) in [6, 6.07) is 13.4.